The molecule has 29 heavy (non-hydrogen) atoms. The largest absolute Gasteiger partial charge is 0.465 e. The van der Waals surface area contributed by atoms with E-state index in [0.29, 0.717) is 32.1 Å². The number of aromatic nitrogens is 2. The van der Waals surface area contributed by atoms with Crippen LogP contribution in [0.2, 0.25) is 0 Å². The number of carbonyl (C=O) groups excluding carboxylic acids is 1. The third-order valence-electron chi connectivity index (χ3n) is 5.89. The lowest BCUT2D eigenvalue weighted by Gasteiger charge is -2.40. The van der Waals surface area contributed by atoms with E-state index in [9.17, 15) is 9.59 Å². The van der Waals surface area contributed by atoms with Gasteiger partial charge in [0.1, 0.15) is 0 Å². The first-order valence-corrected chi connectivity index (χ1v) is 9.93. The predicted molar refractivity (Wildman–Crippen MR) is 109 cm³/mol. The summed E-state index contributed by atoms with van der Waals surface area (Å²) in [4.78, 5) is 27.1. The van der Waals surface area contributed by atoms with Crippen LogP contribution in [0.5, 0.6) is 0 Å². The quantitative estimate of drug-likeness (QED) is 0.826. The average Bonchev–Trinajstić information content (AvgIpc) is 2.69. The number of carbonyl (C=O) groups is 2. The maximum Gasteiger partial charge on any atom is 0.407 e. The molecule has 3 heterocycles. The second-order valence-corrected chi connectivity index (χ2v) is 7.76. The van der Waals surface area contributed by atoms with Crippen molar-refractivity contribution in [3.63, 3.8) is 0 Å². The van der Waals surface area contributed by atoms with E-state index < -0.39 is 6.09 Å². The average molecular weight is 395 g/mol. The first-order chi connectivity index (χ1) is 14.0. The Balaban J connectivity index is 1.28. The van der Waals surface area contributed by atoms with Crippen LogP contribution in [-0.4, -0.2) is 58.4 Å². The summed E-state index contributed by atoms with van der Waals surface area (Å²) in [5, 5.41) is 20.0. The molecule has 2 amide bonds. The maximum atomic E-state index is 12.5. The number of hydrogen-bond acceptors (Lipinski definition) is 5. The van der Waals surface area contributed by atoms with Crippen molar-refractivity contribution in [2.75, 3.05) is 36.4 Å². The van der Waals surface area contributed by atoms with Crippen molar-refractivity contribution in [1.82, 2.24) is 15.1 Å². The van der Waals surface area contributed by atoms with Crippen molar-refractivity contribution in [2.45, 2.75) is 25.7 Å². The number of rotatable bonds is 4. The number of likely N-dealkylation sites (tertiary alicyclic amines) is 1. The van der Waals surface area contributed by atoms with Gasteiger partial charge in [0.2, 0.25) is 5.91 Å². The first kappa shape index (κ1) is 19.2. The molecule has 0 bridgehead atoms. The minimum absolute atomic E-state index is 0.0310. The van der Waals surface area contributed by atoms with Gasteiger partial charge in [0, 0.05) is 31.9 Å². The van der Waals surface area contributed by atoms with Gasteiger partial charge >= 0.3 is 6.09 Å². The fraction of sp³-hybridized carbons (Fsp3) is 0.429. The minimum atomic E-state index is -0.841. The van der Waals surface area contributed by atoms with Crippen molar-refractivity contribution < 1.29 is 14.7 Å². The summed E-state index contributed by atoms with van der Waals surface area (Å²) in [6, 6.07) is 9.87. The first-order valence-electron chi connectivity index (χ1n) is 9.93. The van der Waals surface area contributed by atoms with Gasteiger partial charge in [0.15, 0.2) is 0 Å². The SMILES string of the molecule is Cc1nnccc1N1CC(C(=O)Nc2ccc(C3CCN(C(=O)O)CC3)cc2)C1. The lowest BCUT2D eigenvalue weighted by Crippen LogP contribution is -2.52. The van der Waals surface area contributed by atoms with Crippen LogP contribution in [0.3, 0.4) is 0 Å². The fourth-order valence-corrected chi connectivity index (χ4v) is 4.06. The number of hydrogen-bond donors (Lipinski definition) is 2. The zero-order valence-corrected chi connectivity index (χ0v) is 16.4. The predicted octanol–water partition coefficient (Wildman–Crippen LogP) is 2.72. The molecule has 0 spiro atoms. The molecule has 0 aliphatic carbocycles. The molecule has 1 aromatic carbocycles. The molecule has 0 radical (unpaired) electrons. The van der Waals surface area contributed by atoms with Crippen LogP contribution in [0.1, 0.15) is 30.0 Å². The molecular weight excluding hydrogens is 370 g/mol. The molecule has 4 rings (SSSR count). The second-order valence-electron chi connectivity index (χ2n) is 7.76. The topological polar surface area (TPSA) is 98.7 Å². The Labute approximate surface area is 169 Å². The van der Waals surface area contributed by atoms with E-state index in [0.717, 1.165) is 29.9 Å². The molecule has 2 aliphatic rings. The van der Waals surface area contributed by atoms with Gasteiger partial charge in [-0.2, -0.15) is 10.2 Å². The third kappa shape index (κ3) is 4.16. The number of carboxylic acid groups (broad SMARTS) is 1. The molecule has 0 saturated carbocycles. The molecule has 2 fully saturated rings. The molecule has 0 unspecified atom stereocenters. The monoisotopic (exact) mass is 395 g/mol. The molecule has 152 valence electrons. The zero-order valence-electron chi connectivity index (χ0n) is 16.4. The lowest BCUT2D eigenvalue weighted by atomic mass is 9.89. The van der Waals surface area contributed by atoms with Crippen LogP contribution in [0.15, 0.2) is 36.5 Å². The number of nitrogens with one attached hydrogen (secondary N) is 1. The highest BCUT2D eigenvalue weighted by atomic mass is 16.4. The summed E-state index contributed by atoms with van der Waals surface area (Å²) < 4.78 is 0. The van der Waals surface area contributed by atoms with Crippen LogP contribution in [-0.2, 0) is 4.79 Å². The molecule has 2 aromatic rings. The number of nitrogens with zero attached hydrogens (tertiary/aromatic N) is 4. The van der Waals surface area contributed by atoms with Gasteiger partial charge in [-0.25, -0.2) is 4.79 Å². The number of aryl methyl sites for hydroxylation is 1. The maximum absolute atomic E-state index is 12.5. The smallest absolute Gasteiger partial charge is 0.407 e. The standard InChI is InChI=1S/C21H25N5O3/c1-14-19(6-9-22-24-14)26-12-17(13-26)20(27)23-18-4-2-15(3-5-18)16-7-10-25(11-8-16)21(28)29/h2-6,9,16-17H,7-8,10-13H2,1H3,(H,23,27)(H,28,29). The van der Waals surface area contributed by atoms with Crippen molar-refractivity contribution in [3.05, 3.63) is 47.8 Å². The van der Waals surface area contributed by atoms with Crippen LogP contribution in [0, 0.1) is 12.8 Å². The van der Waals surface area contributed by atoms with E-state index in [2.05, 4.69) is 20.4 Å². The Bertz CT molecular complexity index is 887. The number of piperidine rings is 1. The van der Waals surface area contributed by atoms with Crippen molar-refractivity contribution in [2.24, 2.45) is 5.92 Å². The van der Waals surface area contributed by atoms with Gasteiger partial charge < -0.3 is 20.2 Å². The summed E-state index contributed by atoms with van der Waals surface area (Å²) in [7, 11) is 0. The molecule has 2 saturated heterocycles. The van der Waals surface area contributed by atoms with Gasteiger partial charge in [-0.3, -0.25) is 4.79 Å². The summed E-state index contributed by atoms with van der Waals surface area (Å²) >= 11 is 0. The van der Waals surface area contributed by atoms with Crippen molar-refractivity contribution in [3.8, 4) is 0 Å². The van der Waals surface area contributed by atoms with E-state index >= 15 is 0 Å². The molecule has 2 aliphatic heterocycles. The Hall–Kier alpha value is -3.16. The Morgan fingerprint density at radius 3 is 2.41 bits per heavy atom. The van der Waals surface area contributed by atoms with Gasteiger partial charge in [-0.15, -0.1) is 0 Å². The highest BCUT2D eigenvalue weighted by Crippen LogP contribution is 2.30. The van der Waals surface area contributed by atoms with Gasteiger partial charge in [-0.1, -0.05) is 12.1 Å². The molecular formula is C21H25N5O3. The Morgan fingerprint density at radius 2 is 1.79 bits per heavy atom. The van der Waals surface area contributed by atoms with Crippen LogP contribution in [0.25, 0.3) is 0 Å². The minimum Gasteiger partial charge on any atom is -0.465 e. The van der Waals surface area contributed by atoms with Gasteiger partial charge in [0.25, 0.3) is 0 Å². The van der Waals surface area contributed by atoms with E-state index in [4.69, 9.17) is 5.11 Å². The van der Waals surface area contributed by atoms with Gasteiger partial charge in [0.05, 0.1) is 23.5 Å². The lowest BCUT2D eigenvalue weighted by molar-refractivity contribution is -0.120. The fourth-order valence-electron chi connectivity index (χ4n) is 4.06. The third-order valence-corrected chi connectivity index (χ3v) is 5.89. The summed E-state index contributed by atoms with van der Waals surface area (Å²) in [5.41, 5.74) is 3.89. The van der Waals surface area contributed by atoms with Crippen LogP contribution < -0.4 is 10.2 Å². The van der Waals surface area contributed by atoms with Crippen molar-refractivity contribution >= 4 is 23.4 Å². The number of benzene rings is 1. The normalized spacial score (nSPS) is 17.7. The molecule has 2 N–H and O–H groups in total. The van der Waals surface area contributed by atoms with E-state index in [1.165, 1.54) is 10.5 Å². The molecule has 8 nitrogen and oxygen atoms in total. The van der Waals surface area contributed by atoms with Crippen LogP contribution in [0.4, 0.5) is 16.2 Å². The van der Waals surface area contributed by atoms with Gasteiger partial charge in [-0.05, 0) is 49.4 Å². The number of amides is 2. The summed E-state index contributed by atoms with van der Waals surface area (Å²) in [6.07, 6.45) is 2.49. The van der Waals surface area contributed by atoms with Crippen molar-refractivity contribution in [1.29, 1.82) is 0 Å². The van der Waals surface area contributed by atoms with Crippen LogP contribution >= 0.6 is 0 Å². The Morgan fingerprint density at radius 1 is 1.10 bits per heavy atom. The zero-order chi connectivity index (χ0) is 20.4. The summed E-state index contributed by atoms with van der Waals surface area (Å²) in [6.45, 7) is 4.42. The highest BCUT2D eigenvalue weighted by molar-refractivity contribution is 5.94. The number of anilines is 2. The highest BCUT2D eigenvalue weighted by Gasteiger charge is 2.33. The molecule has 8 heteroatoms. The Kier molecular flexibility index (Phi) is 5.33. The second kappa shape index (κ2) is 8.06. The van der Waals surface area contributed by atoms with E-state index in [-0.39, 0.29) is 11.8 Å². The molecule has 0 atom stereocenters. The molecule has 1 aromatic heterocycles. The summed E-state index contributed by atoms with van der Waals surface area (Å²) in [5.74, 6) is 0.360. The van der Waals surface area contributed by atoms with E-state index in [1.807, 2.05) is 37.3 Å². The van der Waals surface area contributed by atoms with E-state index in [1.54, 1.807) is 6.20 Å².